The fourth-order valence-electron chi connectivity index (χ4n) is 5.33. The Bertz CT molecular complexity index is 991. The van der Waals surface area contributed by atoms with Crippen LogP contribution in [0.1, 0.15) is 67.3 Å². The van der Waals surface area contributed by atoms with Gasteiger partial charge in [0.05, 0.1) is 5.56 Å². The molecule has 2 fully saturated rings. The average Bonchev–Trinajstić information content (AvgIpc) is 2.88. The van der Waals surface area contributed by atoms with E-state index < -0.39 is 5.97 Å². The van der Waals surface area contributed by atoms with Crippen molar-refractivity contribution in [3.8, 4) is 0 Å². The van der Waals surface area contributed by atoms with Crippen molar-refractivity contribution >= 4 is 23.5 Å². The van der Waals surface area contributed by atoms with Crippen LogP contribution in [0.3, 0.4) is 0 Å². The number of hydrogen-bond acceptors (Lipinski definition) is 5. The minimum Gasteiger partial charge on any atom is -0.481 e. The van der Waals surface area contributed by atoms with Crippen molar-refractivity contribution in [3.63, 3.8) is 0 Å². The predicted octanol–water partition coefficient (Wildman–Crippen LogP) is 4.51. The Kier molecular flexibility index (Phi) is 8.61. The lowest BCUT2D eigenvalue weighted by atomic mass is 9.95. The summed E-state index contributed by atoms with van der Waals surface area (Å²) in [6.07, 6.45) is 8.56. The third-order valence-corrected chi connectivity index (χ3v) is 7.29. The SMILES string of the molecule is CN(CCc1ccccc1)c1nc(N2CCC[C@@H](CC(=O)O)C2)ccc1C(=O)NC1CCCCC1. The molecule has 7 heteroatoms. The van der Waals surface area contributed by atoms with Gasteiger partial charge in [-0.25, -0.2) is 4.98 Å². The van der Waals surface area contributed by atoms with E-state index in [4.69, 9.17) is 4.98 Å². The Morgan fingerprint density at radius 1 is 1.06 bits per heavy atom. The molecule has 0 unspecified atom stereocenters. The van der Waals surface area contributed by atoms with Crippen LogP contribution in [0.2, 0.25) is 0 Å². The number of anilines is 2. The summed E-state index contributed by atoms with van der Waals surface area (Å²) in [5.74, 6) is 0.820. The Balaban J connectivity index is 1.54. The number of nitrogens with zero attached hydrogens (tertiary/aromatic N) is 3. The first kappa shape index (κ1) is 25.0. The van der Waals surface area contributed by atoms with E-state index >= 15 is 0 Å². The highest BCUT2D eigenvalue weighted by atomic mass is 16.4. The van der Waals surface area contributed by atoms with E-state index in [9.17, 15) is 14.7 Å². The Morgan fingerprint density at radius 2 is 1.83 bits per heavy atom. The quantitative estimate of drug-likeness (QED) is 0.551. The van der Waals surface area contributed by atoms with Crippen LogP contribution in [0.5, 0.6) is 0 Å². The van der Waals surface area contributed by atoms with Crippen LogP contribution in [-0.4, -0.2) is 54.7 Å². The van der Waals surface area contributed by atoms with Gasteiger partial charge < -0.3 is 20.2 Å². The molecule has 1 amide bonds. The van der Waals surface area contributed by atoms with Crippen LogP contribution in [-0.2, 0) is 11.2 Å². The van der Waals surface area contributed by atoms with Gasteiger partial charge in [-0.1, -0.05) is 49.6 Å². The second-order valence-corrected chi connectivity index (χ2v) is 10.1. The highest BCUT2D eigenvalue weighted by Crippen LogP contribution is 2.28. The van der Waals surface area contributed by atoms with E-state index in [1.165, 1.54) is 24.8 Å². The lowest BCUT2D eigenvalue weighted by Crippen LogP contribution is -2.38. The highest BCUT2D eigenvalue weighted by molar-refractivity contribution is 5.99. The number of carbonyl (C=O) groups excluding carboxylic acids is 1. The highest BCUT2D eigenvalue weighted by Gasteiger charge is 2.26. The fourth-order valence-corrected chi connectivity index (χ4v) is 5.33. The Labute approximate surface area is 208 Å². The summed E-state index contributed by atoms with van der Waals surface area (Å²) in [5.41, 5.74) is 1.85. The topological polar surface area (TPSA) is 85.8 Å². The van der Waals surface area contributed by atoms with Gasteiger partial charge in [-0.3, -0.25) is 9.59 Å². The minimum atomic E-state index is -0.749. The molecule has 7 nitrogen and oxygen atoms in total. The number of aliphatic carboxylic acids is 1. The lowest BCUT2D eigenvalue weighted by molar-refractivity contribution is -0.138. The van der Waals surface area contributed by atoms with E-state index in [0.717, 1.165) is 51.0 Å². The van der Waals surface area contributed by atoms with Crippen molar-refractivity contribution in [2.45, 2.75) is 63.8 Å². The normalized spacial score (nSPS) is 18.8. The molecule has 1 aromatic heterocycles. The Morgan fingerprint density at radius 3 is 2.57 bits per heavy atom. The number of benzene rings is 1. The van der Waals surface area contributed by atoms with Gasteiger partial charge in [-0.15, -0.1) is 0 Å². The smallest absolute Gasteiger partial charge is 0.303 e. The summed E-state index contributed by atoms with van der Waals surface area (Å²) >= 11 is 0. The molecule has 1 aliphatic heterocycles. The molecule has 2 aromatic rings. The Hall–Kier alpha value is -3.09. The molecule has 1 saturated carbocycles. The van der Waals surface area contributed by atoms with E-state index in [-0.39, 0.29) is 24.3 Å². The molecule has 1 atom stereocenters. The molecule has 0 bridgehead atoms. The maximum absolute atomic E-state index is 13.3. The monoisotopic (exact) mass is 478 g/mol. The van der Waals surface area contributed by atoms with Crippen LogP contribution in [0.15, 0.2) is 42.5 Å². The number of carboxylic acids is 1. The number of carboxylic acid groups (broad SMARTS) is 1. The van der Waals surface area contributed by atoms with Gasteiger partial charge in [0.15, 0.2) is 0 Å². The van der Waals surface area contributed by atoms with Gasteiger partial charge in [0.25, 0.3) is 5.91 Å². The summed E-state index contributed by atoms with van der Waals surface area (Å²) < 4.78 is 0. The van der Waals surface area contributed by atoms with Crippen molar-refractivity contribution in [3.05, 3.63) is 53.6 Å². The number of aromatic nitrogens is 1. The van der Waals surface area contributed by atoms with E-state index in [1.807, 2.05) is 37.4 Å². The number of pyridine rings is 1. The number of rotatable bonds is 9. The van der Waals surface area contributed by atoms with E-state index in [2.05, 4.69) is 27.2 Å². The summed E-state index contributed by atoms with van der Waals surface area (Å²) in [6.45, 7) is 2.27. The molecule has 2 N–H and O–H groups in total. The minimum absolute atomic E-state index is 0.0556. The molecule has 1 aromatic carbocycles. The maximum Gasteiger partial charge on any atom is 0.303 e. The lowest BCUT2D eigenvalue weighted by Gasteiger charge is -2.34. The molecular weight excluding hydrogens is 440 g/mol. The molecule has 2 aliphatic rings. The second-order valence-electron chi connectivity index (χ2n) is 10.1. The van der Waals surface area contributed by atoms with Crippen molar-refractivity contribution in [2.75, 3.05) is 36.5 Å². The zero-order valence-corrected chi connectivity index (χ0v) is 20.8. The number of nitrogens with one attached hydrogen (secondary N) is 1. The first-order valence-corrected chi connectivity index (χ1v) is 13.0. The third kappa shape index (κ3) is 6.96. The summed E-state index contributed by atoms with van der Waals surface area (Å²) in [4.78, 5) is 33.8. The van der Waals surface area contributed by atoms with Gasteiger partial charge in [0, 0.05) is 39.1 Å². The third-order valence-electron chi connectivity index (χ3n) is 7.29. The predicted molar refractivity (Wildman–Crippen MR) is 139 cm³/mol. The van der Waals surface area contributed by atoms with Crippen molar-refractivity contribution in [2.24, 2.45) is 5.92 Å². The van der Waals surface area contributed by atoms with Crippen LogP contribution in [0.25, 0.3) is 0 Å². The van der Waals surface area contributed by atoms with Gasteiger partial charge in [0.1, 0.15) is 11.6 Å². The second kappa shape index (κ2) is 12.0. The largest absolute Gasteiger partial charge is 0.481 e. The summed E-state index contributed by atoms with van der Waals surface area (Å²) in [5, 5.41) is 12.5. The first-order chi connectivity index (χ1) is 17.0. The molecule has 0 spiro atoms. The van der Waals surface area contributed by atoms with Crippen LogP contribution < -0.4 is 15.1 Å². The maximum atomic E-state index is 13.3. The zero-order chi connectivity index (χ0) is 24.6. The first-order valence-electron chi connectivity index (χ1n) is 13.0. The molecule has 1 aliphatic carbocycles. The van der Waals surface area contributed by atoms with Crippen LogP contribution in [0, 0.1) is 5.92 Å². The fraction of sp³-hybridized carbons (Fsp3) is 0.536. The van der Waals surface area contributed by atoms with Crippen LogP contribution >= 0.6 is 0 Å². The van der Waals surface area contributed by atoms with Crippen molar-refractivity contribution in [1.29, 1.82) is 0 Å². The van der Waals surface area contributed by atoms with E-state index in [1.54, 1.807) is 0 Å². The van der Waals surface area contributed by atoms with Gasteiger partial charge in [0.2, 0.25) is 0 Å². The standard InChI is InChI=1S/C28H38N4O3/c1-31(18-16-21-9-4-2-5-10-21)27-24(28(35)29-23-12-6-3-7-13-23)14-15-25(30-27)32-17-8-11-22(20-32)19-26(33)34/h2,4-5,9-10,14-15,22-23H,3,6-8,11-13,16-20H2,1H3,(H,29,35)(H,33,34)/t22-/m0/s1. The van der Waals surface area contributed by atoms with Crippen LogP contribution in [0.4, 0.5) is 11.6 Å². The van der Waals surface area contributed by atoms with Gasteiger partial charge in [-0.05, 0) is 55.7 Å². The summed E-state index contributed by atoms with van der Waals surface area (Å²) in [6, 6.07) is 14.4. The number of amides is 1. The number of carbonyl (C=O) groups is 2. The van der Waals surface area contributed by atoms with Gasteiger partial charge in [-0.2, -0.15) is 0 Å². The molecule has 2 heterocycles. The van der Waals surface area contributed by atoms with Gasteiger partial charge >= 0.3 is 5.97 Å². The zero-order valence-electron chi connectivity index (χ0n) is 20.8. The molecule has 35 heavy (non-hydrogen) atoms. The molecule has 4 rings (SSSR count). The molecular formula is C28H38N4O3. The number of piperidine rings is 1. The van der Waals surface area contributed by atoms with Crippen molar-refractivity contribution < 1.29 is 14.7 Å². The summed E-state index contributed by atoms with van der Waals surface area (Å²) in [7, 11) is 2.00. The number of hydrogen-bond donors (Lipinski definition) is 2. The average molecular weight is 479 g/mol. The molecule has 1 saturated heterocycles. The molecule has 188 valence electrons. The van der Waals surface area contributed by atoms with Crippen molar-refractivity contribution in [1.82, 2.24) is 10.3 Å². The van der Waals surface area contributed by atoms with E-state index in [0.29, 0.717) is 17.9 Å². The number of likely N-dealkylation sites (N-methyl/N-ethyl adjacent to an activating group) is 1. The molecule has 0 radical (unpaired) electrons.